The third kappa shape index (κ3) is 3.17. The molecule has 5 heteroatoms. The maximum Gasteiger partial charge on any atom is 0.426 e. The number of ether oxygens (including phenoxy) is 1. The summed E-state index contributed by atoms with van der Waals surface area (Å²) >= 11 is 0. The lowest BCUT2D eigenvalue weighted by molar-refractivity contribution is 0.0512. The molecule has 1 atom stereocenters. The number of hydrogen-bond donors (Lipinski definition) is 2. The van der Waals surface area contributed by atoms with Crippen molar-refractivity contribution in [3.8, 4) is 0 Å². The zero-order chi connectivity index (χ0) is 14.0. The maximum absolute atomic E-state index is 11.8. The second-order valence-corrected chi connectivity index (χ2v) is 5.65. The van der Waals surface area contributed by atoms with Gasteiger partial charge in [-0.1, -0.05) is 18.2 Å². The predicted molar refractivity (Wildman–Crippen MR) is 72.9 cm³/mol. The van der Waals surface area contributed by atoms with Crippen LogP contribution in [0.5, 0.6) is 0 Å². The topological polar surface area (TPSA) is 61.8 Å². The van der Waals surface area contributed by atoms with Gasteiger partial charge in [0.25, 0.3) is 0 Å². The Morgan fingerprint density at radius 2 is 2.16 bits per heavy atom. The first-order chi connectivity index (χ1) is 8.90. The van der Waals surface area contributed by atoms with Gasteiger partial charge in [0.1, 0.15) is 5.60 Å². The molecular formula is C14H20N2O3. The quantitative estimate of drug-likeness (QED) is 0.855. The number of carbonyl (C=O) groups excluding carboxylic acids is 1. The molecular weight excluding hydrogens is 244 g/mol. The lowest BCUT2D eigenvalue weighted by atomic mass is 10.1. The van der Waals surface area contributed by atoms with Crippen LogP contribution < -0.4 is 10.4 Å². The number of para-hydroxylation sites is 1. The number of benzene rings is 1. The number of anilines is 1. The van der Waals surface area contributed by atoms with E-state index in [4.69, 9.17) is 4.74 Å². The number of nitrogens with one attached hydrogen (secondary N) is 1. The minimum Gasteiger partial charge on any atom is -0.443 e. The number of carbonyl (C=O) groups is 1. The summed E-state index contributed by atoms with van der Waals surface area (Å²) in [5.74, 6) is 0. The van der Waals surface area contributed by atoms with Gasteiger partial charge < -0.3 is 9.84 Å². The largest absolute Gasteiger partial charge is 0.443 e. The van der Waals surface area contributed by atoms with Crippen molar-refractivity contribution in [3.05, 3.63) is 29.8 Å². The molecule has 0 saturated heterocycles. The summed E-state index contributed by atoms with van der Waals surface area (Å²) in [6.45, 7) is 5.42. The van der Waals surface area contributed by atoms with Crippen LogP contribution in [-0.2, 0) is 11.2 Å². The number of aliphatic hydroxyl groups excluding tert-OH is 1. The lowest BCUT2D eigenvalue weighted by Gasteiger charge is -2.28. The van der Waals surface area contributed by atoms with Gasteiger partial charge in [-0.25, -0.2) is 10.2 Å². The Bertz CT molecular complexity index is 468. The van der Waals surface area contributed by atoms with E-state index in [-0.39, 0.29) is 12.6 Å². The number of hydrogen-bond acceptors (Lipinski definition) is 4. The highest BCUT2D eigenvalue weighted by molar-refractivity contribution is 5.72. The molecule has 2 rings (SSSR count). The van der Waals surface area contributed by atoms with E-state index in [9.17, 15) is 9.90 Å². The van der Waals surface area contributed by atoms with E-state index in [1.807, 2.05) is 45.0 Å². The van der Waals surface area contributed by atoms with E-state index in [0.717, 1.165) is 11.3 Å². The van der Waals surface area contributed by atoms with Gasteiger partial charge in [-0.05, 0) is 38.8 Å². The smallest absolute Gasteiger partial charge is 0.426 e. The molecule has 1 unspecified atom stereocenters. The van der Waals surface area contributed by atoms with Crippen LogP contribution in [0.4, 0.5) is 10.5 Å². The molecule has 0 fully saturated rings. The number of amides is 1. The fraction of sp³-hybridized carbons (Fsp3) is 0.500. The molecule has 0 aromatic heterocycles. The van der Waals surface area contributed by atoms with Crippen molar-refractivity contribution in [3.63, 3.8) is 0 Å². The van der Waals surface area contributed by atoms with E-state index in [2.05, 4.69) is 5.43 Å². The van der Waals surface area contributed by atoms with Crippen molar-refractivity contribution in [1.29, 1.82) is 0 Å². The Kier molecular flexibility index (Phi) is 3.66. The van der Waals surface area contributed by atoms with Crippen molar-refractivity contribution in [2.45, 2.75) is 38.8 Å². The molecule has 104 valence electrons. The molecule has 1 aliphatic heterocycles. The maximum atomic E-state index is 11.8. The van der Waals surface area contributed by atoms with Crippen molar-refractivity contribution in [2.24, 2.45) is 0 Å². The number of fused-ring (bicyclic) bond motifs is 1. The highest BCUT2D eigenvalue weighted by atomic mass is 16.6. The fourth-order valence-corrected chi connectivity index (χ4v) is 2.16. The molecule has 19 heavy (non-hydrogen) atoms. The molecule has 0 bridgehead atoms. The van der Waals surface area contributed by atoms with E-state index in [1.54, 1.807) is 5.01 Å². The number of hydrazine groups is 1. The van der Waals surface area contributed by atoms with Crippen molar-refractivity contribution in [2.75, 3.05) is 11.6 Å². The minimum atomic E-state index is -0.544. The highest BCUT2D eigenvalue weighted by Gasteiger charge is 2.30. The fourth-order valence-electron chi connectivity index (χ4n) is 2.16. The van der Waals surface area contributed by atoms with E-state index in [0.29, 0.717) is 6.42 Å². The van der Waals surface area contributed by atoms with Crippen molar-refractivity contribution in [1.82, 2.24) is 5.43 Å². The molecule has 5 nitrogen and oxygen atoms in total. The molecule has 1 aromatic rings. The van der Waals surface area contributed by atoms with Gasteiger partial charge in [0, 0.05) is 0 Å². The summed E-state index contributed by atoms with van der Waals surface area (Å²) in [6.07, 6.45) is 0.199. The molecule has 1 amide bonds. The number of aliphatic hydroxyl groups is 1. The van der Waals surface area contributed by atoms with Gasteiger partial charge in [-0.3, -0.25) is 5.01 Å². The van der Waals surface area contributed by atoms with Crippen LogP contribution in [-0.4, -0.2) is 29.4 Å². The van der Waals surface area contributed by atoms with Gasteiger partial charge in [0.05, 0.1) is 18.3 Å². The average molecular weight is 264 g/mol. The molecule has 0 saturated carbocycles. The highest BCUT2D eigenvalue weighted by Crippen LogP contribution is 2.30. The van der Waals surface area contributed by atoms with Gasteiger partial charge in [0.15, 0.2) is 0 Å². The third-order valence-electron chi connectivity index (χ3n) is 2.89. The molecule has 0 aliphatic carbocycles. The summed E-state index contributed by atoms with van der Waals surface area (Å²) in [5, 5.41) is 11.1. The van der Waals surface area contributed by atoms with Gasteiger partial charge in [-0.2, -0.15) is 0 Å². The molecule has 0 radical (unpaired) electrons. The monoisotopic (exact) mass is 264 g/mol. The summed E-state index contributed by atoms with van der Waals surface area (Å²) in [7, 11) is 0. The molecule has 1 heterocycles. The van der Waals surface area contributed by atoms with Crippen LogP contribution in [0.25, 0.3) is 0 Å². The Hall–Kier alpha value is -1.75. The normalized spacial score (nSPS) is 18.1. The number of nitrogens with zero attached hydrogens (tertiary/aromatic N) is 1. The molecule has 0 spiro atoms. The van der Waals surface area contributed by atoms with E-state index in [1.165, 1.54) is 0 Å². The van der Waals surface area contributed by atoms with Gasteiger partial charge in [0.2, 0.25) is 0 Å². The first kappa shape index (κ1) is 13.7. The Morgan fingerprint density at radius 1 is 1.47 bits per heavy atom. The van der Waals surface area contributed by atoms with Crippen molar-refractivity contribution < 1.29 is 14.6 Å². The third-order valence-corrected chi connectivity index (χ3v) is 2.89. The second-order valence-electron chi connectivity index (χ2n) is 5.65. The standard InChI is InChI=1S/C14H20N2O3/c1-14(2,3)19-13(18)15-16-11(9-17)8-10-6-4-5-7-12(10)16/h4-7,11,17H,8-9H2,1-3H3,(H,15,18). The summed E-state index contributed by atoms with van der Waals surface area (Å²) in [4.78, 5) is 11.8. The van der Waals surface area contributed by atoms with Crippen LogP contribution in [0.2, 0.25) is 0 Å². The number of rotatable bonds is 2. The van der Waals surface area contributed by atoms with Crippen LogP contribution in [0.1, 0.15) is 26.3 Å². The first-order valence-corrected chi connectivity index (χ1v) is 6.38. The lowest BCUT2D eigenvalue weighted by Crippen LogP contribution is -2.49. The summed E-state index contributed by atoms with van der Waals surface area (Å²) < 4.78 is 5.23. The van der Waals surface area contributed by atoms with Crippen molar-refractivity contribution >= 4 is 11.8 Å². The SMILES string of the molecule is CC(C)(C)OC(=O)NN1c2ccccc2CC1CO. The molecule has 1 aliphatic rings. The minimum absolute atomic E-state index is 0.0233. The molecule has 2 N–H and O–H groups in total. The zero-order valence-electron chi connectivity index (χ0n) is 11.5. The zero-order valence-corrected chi connectivity index (χ0v) is 11.5. The Morgan fingerprint density at radius 3 is 2.79 bits per heavy atom. The van der Waals surface area contributed by atoms with Crippen LogP contribution in [0, 0.1) is 0 Å². The van der Waals surface area contributed by atoms with Gasteiger partial charge >= 0.3 is 6.09 Å². The van der Waals surface area contributed by atoms with E-state index < -0.39 is 11.7 Å². The average Bonchev–Trinajstić information content (AvgIpc) is 2.65. The van der Waals surface area contributed by atoms with Crippen LogP contribution in [0.15, 0.2) is 24.3 Å². The Labute approximate surface area is 113 Å². The van der Waals surface area contributed by atoms with Gasteiger partial charge in [-0.15, -0.1) is 0 Å². The summed E-state index contributed by atoms with van der Waals surface area (Å²) in [5.41, 5.74) is 4.18. The predicted octanol–water partition coefficient (Wildman–Crippen LogP) is 1.85. The summed E-state index contributed by atoms with van der Waals surface area (Å²) in [6, 6.07) is 7.62. The van der Waals surface area contributed by atoms with Crippen LogP contribution in [0.3, 0.4) is 0 Å². The van der Waals surface area contributed by atoms with Crippen LogP contribution >= 0.6 is 0 Å². The Balaban J connectivity index is 2.12. The first-order valence-electron chi connectivity index (χ1n) is 6.38. The molecule has 1 aromatic carbocycles. The van der Waals surface area contributed by atoms with E-state index >= 15 is 0 Å². The second kappa shape index (κ2) is 5.09.